The number of phenolic OH excluding ortho intramolecular Hbond substituents is 1. The molecule has 0 saturated heterocycles. The van der Waals surface area contributed by atoms with Crippen LogP contribution in [0.5, 0.6) is 5.75 Å². The molecular formula is C20H23NO4. The van der Waals surface area contributed by atoms with E-state index in [2.05, 4.69) is 5.32 Å². The summed E-state index contributed by atoms with van der Waals surface area (Å²) < 4.78 is 5.18. The van der Waals surface area contributed by atoms with Crippen LogP contribution in [0.25, 0.3) is 0 Å². The third kappa shape index (κ3) is 4.38. The molecule has 1 atom stereocenters. The maximum atomic E-state index is 12.4. The van der Waals surface area contributed by atoms with Crippen LogP contribution in [-0.4, -0.2) is 23.1 Å². The van der Waals surface area contributed by atoms with Crippen LogP contribution < -0.4 is 5.32 Å². The molecular weight excluding hydrogens is 318 g/mol. The first-order valence-corrected chi connectivity index (χ1v) is 8.08. The number of carbonyl (C=O) groups is 2. The molecule has 0 bridgehead atoms. The summed E-state index contributed by atoms with van der Waals surface area (Å²) >= 11 is 0. The first-order valence-electron chi connectivity index (χ1n) is 8.08. The Morgan fingerprint density at radius 2 is 1.60 bits per heavy atom. The molecule has 0 spiro atoms. The smallest absolute Gasteiger partial charge is 0.342 e. The molecule has 2 aromatic rings. The van der Waals surface area contributed by atoms with Gasteiger partial charge in [-0.1, -0.05) is 23.8 Å². The third-order valence-electron chi connectivity index (χ3n) is 3.95. The van der Waals surface area contributed by atoms with Gasteiger partial charge in [0.15, 0.2) is 6.10 Å². The molecule has 2 aromatic carbocycles. The van der Waals surface area contributed by atoms with Gasteiger partial charge in [0.25, 0.3) is 5.91 Å². The molecule has 2 rings (SSSR count). The van der Waals surface area contributed by atoms with Crippen LogP contribution in [-0.2, 0) is 9.53 Å². The van der Waals surface area contributed by atoms with E-state index < -0.39 is 18.0 Å². The van der Waals surface area contributed by atoms with Crippen molar-refractivity contribution in [3.63, 3.8) is 0 Å². The number of aryl methyl sites for hydroxylation is 4. The van der Waals surface area contributed by atoms with Gasteiger partial charge in [0.05, 0.1) is 0 Å². The van der Waals surface area contributed by atoms with E-state index in [-0.39, 0.29) is 11.3 Å². The van der Waals surface area contributed by atoms with Gasteiger partial charge in [0.1, 0.15) is 11.3 Å². The monoisotopic (exact) mass is 341 g/mol. The lowest BCUT2D eigenvalue weighted by molar-refractivity contribution is -0.123. The molecule has 1 unspecified atom stereocenters. The van der Waals surface area contributed by atoms with Crippen LogP contribution in [0.3, 0.4) is 0 Å². The number of hydrogen-bond donors (Lipinski definition) is 2. The number of anilines is 1. The molecule has 0 fully saturated rings. The van der Waals surface area contributed by atoms with Gasteiger partial charge in [-0.2, -0.15) is 0 Å². The number of amides is 1. The molecule has 0 aliphatic heterocycles. The Balaban J connectivity index is 2.09. The minimum atomic E-state index is -0.992. The first-order chi connectivity index (χ1) is 11.7. The number of nitrogens with one attached hydrogen (secondary N) is 1. The molecule has 0 saturated carbocycles. The summed E-state index contributed by atoms with van der Waals surface area (Å²) in [4.78, 5) is 24.5. The van der Waals surface area contributed by atoms with Crippen LogP contribution in [0.15, 0.2) is 30.3 Å². The summed E-state index contributed by atoms with van der Waals surface area (Å²) in [6.07, 6.45) is -0.992. The van der Waals surface area contributed by atoms with Gasteiger partial charge in [0.2, 0.25) is 0 Å². The quantitative estimate of drug-likeness (QED) is 0.829. The summed E-state index contributed by atoms with van der Waals surface area (Å²) in [5, 5.41) is 12.7. The van der Waals surface area contributed by atoms with E-state index in [4.69, 9.17) is 4.74 Å². The van der Waals surface area contributed by atoms with Crippen molar-refractivity contribution in [2.24, 2.45) is 0 Å². The zero-order valence-corrected chi connectivity index (χ0v) is 15.1. The summed E-state index contributed by atoms with van der Waals surface area (Å²) in [5.74, 6) is -1.32. The van der Waals surface area contributed by atoms with Crippen molar-refractivity contribution in [1.82, 2.24) is 0 Å². The van der Waals surface area contributed by atoms with E-state index in [0.717, 1.165) is 27.9 Å². The molecule has 2 N–H and O–H groups in total. The van der Waals surface area contributed by atoms with Crippen LogP contribution in [0, 0.1) is 27.7 Å². The van der Waals surface area contributed by atoms with E-state index in [9.17, 15) is 14.7 Å². The lowest BCUT2D eigenvalue weighted by atomic mass is 10.0. The Kier molecular flexibility index (Phi) is 5.47. The normalized spacial score (nSPS) is 11.7. The predicted octanol–water partition coefficient (Wildman–Crippen LogP) is 3.81. The molecule has 132 valence electrons. The van der Waals surface area contributed by atoms with Crippen molar-refractivity contribution in [2.75, 3.05) is 5.32 Å². The second kappa shape index (κ2) is 7.38. The van der Waals surface area contributed by atoms with E-state index in [0.29, 0.717) is 0 Å². The Bertz CT molecular complexity index is 803. The first kappa shape index (κ1) is 18.5. The van der Waals surface area contributed by atoms with Crippen LogP contribution in [0.4, 0.5) is 5.69 Å². The fraction of sp³-hybridized carbons (Fsp3) is 0.300. The average molecular weight is 341 g/mol. The molecule has 25 heavy (non-hydrogen) atoms. The average Bonchev–Trinajstić information content (AvgIpc) is 2.50. The minimum absolute atomic E-state index is 0.0351. The van der Waals surface area contributed by atoms with Crippen molar-refractivity contribution in [1.29, 1.82) is 0 Å². The van der Waals surface area contributed by atoms with Crippen LogP contribution >= 0.6 is 0 Å². The van der Waals surface area contributed by atoms with Gasteiger partial charge in [-0.25, -0.2) is 4.79 Å². The number of carbonyl (C=O) groups excluding carboxylic acids is 2. The number of esters is 1. The van der Waals surface area contributed by atoms with Crippen molar-refractivity contribution in [2.45, 2.75) is 40.7 Å². The number of hydrogen-bond acceptors (Lipinski definition) is 4. The Hall–Kier alpha value is -2.82. The largest absolute Gasteiger partial charge is 0.507 e. The van der Waals surface area contributed by atoms with Crippen LogP contribution in [0.1, 0.15) is 39.5 Å². The van der Waals surface area contributed by atoms with Crippen molar-refractivity contribution in [3.05, 3.63) is 58.1 Å². The number of aromatic hydroxyl groups is 1. The van der Waals surface area contributed by atoms with Gasteiger partial charge in [-0.3, -0.25) is 4.79 Å². The van der Waals surface area contributed by atoms with Gasteiger partial charge in [-0.15, -0.1) is 0 Å². The second-order valence-corrected chi connectivity index (χ2v) is 6.33. The van der Waals surface area contributed by atoms with Crippen molar-refractivity contribution in [3.8, 4) is 5.75 Å². The highest BCUT2D eigenvalue weighted by molar-refractivity contribution is 5.99. The maximum Gasteiger partial charge on any atom is 0.342 e. The zero-order valence-electron chi connectivity index (χ0n) is 15.1. The fourth-order valence-corrected chi connectivity index (χ4v) is 2.69. The van der Waals surface area contributed by atoms with Gasteiger partial charge in [-0.05, 0) is 63.4 Å². The molecule has 0 heterocycles. The molecule has 0 radical (unpaired) electrons. The van der Waals surface area contributed by atoms with E-state index in [1.807, 2.05) is 32.9 Å². The highest BCUT2D eigenvalue weighted by Gasteiger charge is 2.22. The Morgan fingerprint density at radius 3 is 2.16 bits per heavy atom. The number of rotatable bonds is 4. The maximum absolute atomic E-state index is 12.4. The molecule has 5 nitrogen and oxygen atoms in total. The Labute approximate surface area is 147 Å². The van der Waals surface area contributed by atoms with Gasteiger partial charge in [0, 0.05) is 5.69 Å². The van der Waals surface area contributed by atoms with Gasteiger partial charge < -0.3 is 15.2 Å². The number of ether oxygens (including phenoxy) is 1. The predicted molar refractivity (Wildman–Crippen MR) is 97.0 cm³/mol. The van der Waals surface area contributed by atoms with E-state index in [1.54, 1.807) is 13.0 Å². The molecule has 1 amide bonds. The summed E-state index contributed by atoms with van der Waals surface area (Å²) in [7, 11) is 0. The lowest BCUT2D eigenvalue weighted by Crippen LogP contribution is -2.30. The standard InChI is InChI=1S/C20H23NO4/c1-11-6-7-16(17(22)10-11)20(24)25-15(5)19(23)21-18-13(3)8-12(2)9-14(18)4/h6-10,15,22H,1-5H3,(H,21,23). The summed E-state index contributed by atoms with van der Waals surface area (Å²) in [6, 6.07) is 8.60. The highest BCUT2D eigenvalue weighted by atomic mass is 16.5. The Morgan fingerprint density at radius 1 is 1.00 bits per heavy atom. The topological polar surface area (TPSA) is 75.6 Å². The third-order valence-corrected chi connectivity index (χ3v) is 3.95. The number of phenols is 1. The number of benzene rings is 2. The summed E-state index contributed by atoms with van der Waals surface area (Å²) in [6.45, 7) is 9.12. The van der Waals surface area contributed by atoms with E-state index in [1.165, 1.54) is 19.1 Å². The zero-order chi connectivity index (χ0) is 18.7. The molecule has 5 heteroatoms. The summed E-state index contributed by atoms with van der Waals surface area (Å²) in [5.41, 5.74) is 4.58. The molecule has 0 aliphatic carbocycles. The van der Waals surface area contributed by atoms with Crippen molar-refractivity contribution < 1.29 is 19.4 Å². The second-order valence-electron chi connectivity index (χ2n) is 6.33. The minimum Gasteiger partial charge on any atom is -0.507 e. The van der Waals surface area contributed by atoms with Crippen LogP contribution in [0.2, 0.25) is 0 Å². The van der Waals surface area contributed by atoms with Gasteiger partial charge >= 0.3 is 5.97 Å². The molecule has 0 aliphatic rings. The molecule has 0 aromatic heterocycles. The van der Waals surface area contributed by atoms with Crippen molar-refractivity contribution >= 4 is 17.6 Å². The van der Waals surface area contributed by atoms with E-state index >= 15 is 0 Å². The lowest BCUT2D eigenvalue weighted by Gasteiger charge is -2.17. The SMILES string of the molecule is Cc1cc(C)c(NC(=O)C(C)OC(=O)c2ccc(C)cc2O)c(C)c1. The fourth-order valence-electron chi connectivity index (χ4n) is 2.69. The highest BCUT2D eigenvalue weighted by Crippen LogP contribution is 2.23.